The Labute approximate surface area is 188 Å². The van der Waals surface area contributed by atoms with Crippen LogP contribution in [0.3, 0.4) is 0 Å². The Morgan fingerprint density at radius 1 is 0.875 bits per heavy atom. The summed E-state index contributed by atoms with van der Waals surface area (Å²) in [5.74, 6) is 0.898. The maximum absolute atomic E-state index is 12.6. The molecule has 0 saturated heterocycles. The molecule has 0 fully saturated rings. The molecule has 3 aromatic carbocycles. The Hall–Kier alpha value is -3.52. The zero-order chi connectivity index (χ0) is 23.0. The van der Waals surface area contributed by atoms with Crippen LogP contribution in [0.2, 0.25) is 0 Å². The molecule has 168 valence electrons. The molecule has 0 heterocycles. The van der Waals surface area contributed by atoms with Crippen molar-refractivity contribution < 1.29 is 22.7 Å². The molecule has 0 saturated carbocycles. The monoisotopic (exact) mass is 454 g/mol. The number of nitrogens with one attached hydrogen (secondary N) is 1. The van der Waals surface area contributed by atoms with Gasteiger partial charge < -0.3 is 14.4 Å². The molecule has 0 spiro atoms. The minimum atomic E-state index is -3.76. The number of likely N-dealkylation sites (N-methyl/N-ethyl adjacent to an activating group) is 1. The van der Waals surface area contributed by atoms with Crippen LogP contribution in [0.25, 0.3) is 0 Å². The minimum absolute atomic E-state index is 0.0891. The highest BCUT2D eigenvalue weighted by Crippen LogP contribution is 2.21. The lowest BCUT2D eigenvalue weighted by molar-refractivity contribution is -0.132. The second kappa shape index (κ2) is 10.7. The van der Waals surface area contributed by atoms with Crippen molar-refractivity contribution in [3.8, 4) is 11.5 Å². The van der Waals surface area contributed by atoms with Gasteiger partial charge in [-0.25, -0.2) is 8.42 Å². The lowest BCUT2D eigenvalue weighted by Crippen LogP contribution is -2.30. The molecule has 0 aliphatic rings. The van der Waals surface area contributed by atoms with Crippen LogP contribution in [0.15, 0.2) is 83.8 Å². The van der Waals surface area contributed by atoms with E-state index >= 15 is 0 Å². The van der Waals surface area contributed by atoms with E-state index in [4.69, 9.17) is 9.47 Å². The van der Waals surface area contributed by atoms with Crippen LogP contribution in [0, 0.1) is 0 Å². The lowest BCUT2D eigenvalue weighted by Gasteiger charge is -2.17. The van der Waals surface area contributed by atoms with Crippen LogP contribution in [0.1, 0.15) is 12.5 Å². The van der Waals surface area contributed by atoms with Crippen molar-refractivity contribution >= 4 is 21.6 Å². The van der Waals surface area contributed by atoms with E-state index in [-0.39, 0.29) is 17.4 Å². The Morgan fingerprint density at radius 2 is 1.47 bits per heavy atom. The highest BCUT2D eigenvalue weighted by Gasteiger charge is 2.15. The molecule has 0 aliphatic heterocycles. The summed E-state index contributed by atoms with van der Waals surface area (Å²) in [4.78, 5) is 14.0. The molecule has 0 aromatic heterocycles. The number of carbonyl (C=O) groups is 1. The van der Waals surface area contributed by atoms with Crippen molar-refractivity contribution in [1.82, 2.24) is 4.90 Å². The Kier molecular flexibility index (Phi) is 7.72. The van der Waals surface area contributed by atoms with Gasteiger partial charge in [-0.2, -0.15) is 0 Å². The Balaban J connectivity index is 1.55. The Bertz CT molecular complexity index is 1120. The van der Waals surface area contributed by atoms with Gasteiger partial charge in [-0.1, -0.05) is 30.3 Å². The first-order chi connectivity index (χ1) is 15.4. The van der Waals surface area contributed by atoms with Gasteiger partial charge >= 0.3 is 0 Å². The number of anilines is 1. The van der Waals surface area contributed by atoms with Crippen molar-refractivity contribution in [2.45, 2.75) is 18.4 Å². The average Bonchev–Trinajstić information content (AvgIpc) is 2.79. The lowest BCUT2D eigenvalue weighted by atomic mass is 10.2. The molecule has 0 unspecified atom stereocenters. The first-order valence-corrected chi connectivity index (χ1v) is 11.6. The van der Waals surface area contributed by atoms with Gasteiger partial charge in [0.25, 0.3) is 15.9 Å². The van der Waals surface area contributed by atoms with E-state index in [0.717, 1.165) is 5.56 Å². The molecule has 7 nitrogen and oxygen atoms in total. The van der Waals surface area contributed by atoms with Gasteiger partial charge in [-0.15, -0.1) is 0 Å². The largest absolute Gasteiger partial charge is 0.494 e. The number of benzene rings is 3. The standard InChI is InChI=1S/C24H26N2O5S/c1-3-30-21-11-9-20(10-12-21)25-32(28,29)23-15-13-22(14-16-23)31-18-24(27)26(2)17-19-7-5-4-6-8-19/h4-16,25H,3,17-18H2,1-2H3. The van der Waals surface area contributed by atoms with Crippen LogP contribution in [0.5, 0.6) is 11.5 Å². The molecule has 3 aromatic rings. The van der Waals surface area contributed by atoms with Gasteiger partial charge in [0.05, 0.1) is 11.5 Å². The smallest absolute Gasteiger partial charge is 0.261 e. The van der Waals surface area contributed by atoms with Gasteiger partial charge in [0, 0.05) is 19.3 Å². The number of nitrogens with zero attached hydrogens (tertiary/aromatic N) is 1. The van der Waals surface area contributed by atoms with Crippen LogP contribution in [-0.2, 0) is 21.4 Å². The summed E-state index contributed by atoms with van der Waals surface area (Å²) < 4.78 is 38.6. The number of hydrogen-bond donors (Lipinski definition) is 1. The van der Waals surface area contributed by atoms with E-state index < -0.39 is 10.0 Å². The highest BCUT2D eigenvalue weighted by atomic mass is 32.2. The summed E-state index contributed by atoms with van der Waals surface area (Å²) in [5, 5.41) is 0. The maximum Gasteiger partial charge on any atom is 0.261 e. The number of hydrogen-bond acceptors (Lipinski definition) is 5. The van der Waals surface area contributed by atoms with Crippen molar-refractivity contribution in [1.29, 1.82) is 0 Å². The fourth-order valence-electron chi connectivity index (χ4n) is 2.92. The summed E-state index contributed by atoms with van der Waals surface area (Å²) in [5.41, 5.74) is 1.46. The average molecular weight is 455 g/mol. The number of rotatable bonds is 10. The molecule has 0 radical (unpaired) electrons. The van der Waals surface area contributed by atoms with Gasteiger partial charge in [0.2, 0.25) is 0 Å². The zero-order valence-electron chi connectivity index (χ0n) is 18.0. The molecule has 32 heavy (non-hydrogen) atoms. The first kappa shape index (κ1) is 23.1. The van der Waals surface area contributed by atoms with Crippen LogP contribution < -0.4 is 14.2 Å². The third-order valence-electron chi connectivity index (χ3n) is 4.60. The van der Waals surface area contributed by atoms with Crippen molar-refractivity contribution in [2.24, 2.45) is 0 Å². The summed E-state index contributed by atoms with van der Waals surface area (Å²) in [6.45, 7) is 2.76. The fourth-order valence-corrected chi connectivity index (χ4v) is 3.97. The van der Waals surface area contributed by atoms with Gasteiger partial charge in [0.1, 0.15) is 11.5 Å². The van der Waals surface area contributed by atoms with E-state index in [0.29, 0.717) is 30.3 Å². The minimum Gasteiger partial charge on any atom is -0.494 e. The van der Waals surface area contributed by atoms with Gasteiger partial charge in [0.15, 0.2) is 6.61 Å². The summed E-state index contributed by atoms with van der Waals surface area (Å²) in [6.07, 6.45) is 0. The van der Waals surface area contributed by atoms with E-state index in [9.17, 15) is 13.2 Å². The van der Waals surface area contributed by atoms with Crippen molar-refractivity contribution in [2.75, 3.05) is 25.0 Å². The van der Waals surface area contributed by atoms with Crippen LogP contribution in [-0.4, -0.2) is 39.5 Å². The van der Waals surface area contributed by atoms with Crippen LogP contribution in [0.4, 0.5) is 5.69 Å². The van der Waals surface area contributed by atoms with Crippen molar-refractivity contribution in [3.63, 3.8) is 0 Å². The van der Waals surface area contributed by atoms with Gasteiger partial charge in [-0.05, 0) is 61.0 Å². The third kappa shape index (κ3) is 6.49. The van der Waals surface area contributed by atoms with E-state index in [1.807, 2.05) is 37.3 Å². The number of sulfonamides is 1. The molecule has 0 bridgehead atoms. The Morgan fingerprint density at radius 3 is 2.09 bits per heavy atom. The molecule has 3 rings (SSSR count). The normalized spacial score (nSPS) is 10.9. The topological polar surface area (TPSA) is 84.9 Å². The molecule has 0 atom stereocenters. The van der Waals surface area contributed by atoms with Crippen LogP contribution >= 0.6 is 0 Å². The summed E-state index contributed by atoms with van der Waals surface area (Å²) >= 11 is 0. The van der Waals surface area contributed by atoms with E-state index in [1.165, 1.54) is 24.3 Å². The molecule has 1 amide bonds. The second-order valence-electron chi connectivity index (χ2n) is 7.06. The fraction of sp³-hybridized carbons (Fsp3) is 0.208. The summed E-state index contributed by atoms with van der Waals surface area (Å²) in [6, 6.07) is 22.3. The highest BCUT2D eigenvalue weighted by molar-refractivity contribution is 7.92. The molecule has 1 N–H and O–H groups in total. The van der Waals surface area contributed by atoms with E-state index in [2.05, 4.69) is 4.72 Å². The number of ether oxygens (including phenoxy) is 2. The number of carbonyl (C=O) groups excluding carboxylic acids is 1. The molecular formula is C24H26N2O5S. The summed E-state index contributed by atoms with van der Waals surface area (Å²) in [7, 11) is -2.05. The molecule has 8 heteroatoms. The molecular weight excluding hydrogens is 428 g/mol. The second-order valence-corrected chi connectivity index (χ2v) is 8.74. The van der Waals surface area contributed by atoms with Crippen molar-refractivity contribution in [3.05, 3.63) is 84.4 Å². The first-order valence-electron chi connectivity index (χ1n) is 10.1. The van der Waals surface area contributed by atoms with Gasteiger partial charge in [-0.3, -0.25) is 9.52 Å². The zero-order valence-corrected chi connectivity index (χ0v) is 18.8. The predicted octanol–water partition coefficient (Wildman–Crippen LogP) is 3.92. The number of amides is 1. The van der Waals surface area contributed by atoms with E-state index in [1.54, 1.807) is 36.2 Å². The quantitative estimate of drug-likeness (QED) is 0.502. The maximum atomic E-state index is 12.6. The third-order valence-corrected chi connectivity index (χ3v) is 6.00. The molecule has 0 aliphatic carbocycles. The predicted molar refractivity (Wildman–Crippen MR) is 123 cm³/mol. The SMILES string of the molecule is CCOc1ccc(NS(=O)(=O)c2ccc(OCC(=O)N(C)Cc3ccccc3)cc2)cc1.